The molecular weight excluding hydrogens is 395 g/mol. The van der Waals surface area contributed by atoms with Crippen LogP contribution >= 0.6 is 0 Å². The third-order valence-corrected chi connectivity index (χ3v) is 7.91. The normalized spacial score (nSPS) is 34.6. The number of benzene rings is 1. The van der Waals surface area contributed by atoms with Crippen LogP contribution in [0.15, 0.2) is 24.3 Å². The van der Waals surface area contributed by atoms with E-state index in [1.807, 2.05) is 0 Å². The van der Waals surface area contributed by atoms with Gasteiger partial charge in [-0.3, -0.25) is 4.79 Å². The second-order valence-electron chi connectivity index (χ2n) is 9.70. The molecule has 1 N–H and O–H groups in total. The summed E-state index contributed by atoms with van der Waals surface area (Å²) < 4.78 is 50.1. The van der Waals surface area contributed by atoms with Gasteiger partial charge in [0, 0.05) is 26.2 Å². The number of hydrogen-bond acceptors (Lipinski definition) is 3. The maximum atomic E-state index is 13.0. The Morgan fingerprint density at radius 1 is 1.27 bits per heavy atom. The van der Waals surface area contributed by atoms with Gasteiger partial charge in [-0.05, 0) is 59.6 Å². The molecule has 1 aromatic rings. The highest BCUT2D eigenvalue weighted by molar-refractivity contribution is 5.76. The minimum absolute atomic E-state index is 0.00632. The van der Waals surface area contributed by atoms with Gasteiger partial charge < -0.3 is 14.8 Å². The van der Waals surface area contributed by atoms with Crippen LogP contribution in [0.3, 0.4) is 0 Å². The highest BCUT2D eigenvalue weighted by atomic mass is 19.4. The highest BCUT2D eigenvalue weighted by Crippen LogP contribution is 2.70. The number of rotatable bonds is 5. The molecular formula is C23H30F3NO3. The van der Waals surface area contributed by atoms with E-state index in [1.54, 1.807) is 19.2 Å². The number of hydrogen-bond donors (Lipinski definition) is 1. The van der Waals surface area contributed by atoms with Gasteiger partial charge in [0.2, 0.25) is 5.91 Å². The predicted molar refractivity (Wildman–Crippen MR) is 106 cm³/mol. The van der Waals surface area contributed by atoms with Crippen molar-refractivity contribution in [3.05, 3.63) is 35.4 Å². The number of halogens is 3. The number of alkyl halides is 3. The van der Waals surface area contributed by atoms with Crippen molar-refractivity contribution in [2.24, 2.45) is 22.7 Å². The lowest BCUT2D eigenvalue weighted by Gasteiger charge is -2.53. The molecule has 2 bridgehead atoms. The Kier molecular flexibility index (Phi) is 5.42. The summed E-state index contributed by atoms with van der Waals surface area (Å²) in [5, 5.41) is 3.30. The third kappa shape index (κ3) is 3.44. The standard InChI is InChI=1S/C23H30F3NO3/c1-21(2)16-12-17-19(14-4-6-15(7-5-14)23(24,25)26)30-11-9-22(17,13-16)20(21)27-18(28)8-10-29-3/h4-7,16-17,19-20H,8-13H2,1-3H3,(H,27,28)/t16-,17-,19-,20+,22-/m1/s1. The van der Waals surface area contributed by atoms with Gasteiger partial charge in [0.1, 0.15) is 0 Å². The van der Waals surface area contributed by atoms with E-state index >= 15 is 0 Å². The Morgan fingerprint density at radius 3 is 2.60 bits per heavy atom. The lowest BCUT2D eigenvalue weighted by atomic mass is 9.59. The van der Waals surface area contributed by atoms with E-state index in [4.69, 9.17) is 9.47 Å². The molecule has 7 heteroatoms. The maximum Gasteiger partial charge on any atom is 0.416 e. The first kappa shape index (κ1) is 21.6. The molecule has 1 amide bonds. The van der Waals surface area contributed by atoms with Crippen molar-refractivity contribution in [2.45, 2.75) is 57.9 Å². The molecule has 3 aliphatic rings. The summed E-state index contributed by atoms with van der Waals surface area (Å²) in [7, 11) is 1.58. The van der Waals surface area contributed by atoms with Crippen LogP contribution in [-0.2, 0) is 20.4 Å². The van der Waals surface area contributed by atoms with Crippen LogP contribution in [0.25, 0.3) is 0 Å². The zero-order valence-corrected chi connectivity index (χ0v) is 17.7. The fourth-order valence-corrected chi connectivity index (χ4v) is 6.41. The molecule has 166 valence electrons. The van der Waals surface area contributed by atoms with Crippen LogP contribution in [0.5, 0.6) is 0 Å². The first-order chi connectivity index (χ1) is 14.1. The molecule has 1 aliphatic heterocycles. The maximum absolute atomic E-state index is 13.0. The number of methoxy groups -OCH3 is 1. The van der Waals surface area contributed by atoms with Crippen molar-refractivity contribution in [3.63, 3.8) is 0 Å². The van der Waals surface area contributed by atoms with Crippen LogP contribution < -0.4 is 5.32 Å². The summed E-state index contributed by atoms with van der Waals surface area (Å²) in [6.07, 6.45) is -1.39. The largest absolute Gasteiger partial charge is 0.416 e. The molecule has 1 spiro atoms. The average Bonchev–Trinajstić information content (AvgIpc) is 3.18. The summed E-state index contributed by atoms with van der Waals surface area (Å²) in [4.78, 5) is 12.5. The highest BCUT2D eigenvalue weighted by Gasteiger charge is 2.68. The predicted octanol–water partition coefficient (Wildman–Crippen LogP) is 4.74. The monoisotopic (exact) mass is 425 g/mol. The Hall–Kier alpha value is -1.60. The van der Waals surface area contributed by atoms with E-state index < -0.39 is 11.7 Å². The first-order valence-electron chi connectivity index (χ1n) is 10.7. The molecule has 3 fully saturated rings. The fourth-order valence-electron chi connectivity index (χ4n) is 6.41. The number of amides is 1. The Bertz CT molecular complexity index is 792. The van der Waals surface area contributed by atoms with E-state index in [9.17, 15) is 18.0 Å². The van der Waals surface area contributed by atoms with Crippen LogP contribution in [0.4, 0.5) is 13.2 Å². The minimum Gasteiger partial charge on any atom is -0.384 e. The van der Waals surface area contributed by atoms with Crippen molar-refractivity contribution in [2.75, 3.05) is 20.3 Å². The molecule has 5 atom stereocenters. The molecule has 0 radical (unpaired) electrons. The SMILES string of the molecule is COCCC(=O)N[C@H]1C(C)(C)[C@@H]2C[C@@H]3[C@@H](c4ccc(C(F)(F)F)cc4)OCC[C@@]31C2. The van der Waals surface area contributed by atoms with Gasteiger partial charge in [0.25, 0.3) is 0 Å². The van der Waals surface area contributed by atoms with E-state index in [1.165, 1.54) is 0 Å². The molecule has 1 aromatic carbocycles. The lowest BCUT2D eigenvalue weighted by Crippen LogP contribution is -2.59. The Balaban J connectivity index is 1.60. The smallest absolute Gasteiger partial charge is 0.384 e. The summed E-state index contributed by atoms with van der Waals surface area (Å²) >= 11 is 0. The van der Waals surface area contributed by atoms with Gasteiger partial charge >= 0.3 is 6.18 Å². The first-order valence-corrected chi connectivity index (χ1v) is 10.7. The molecule has 1 saturated heterocycles. The number of fused-ring (bicyclic) bond motifs is 1. The van der Waals surface area contributed by atoms with E-state index in [0.29, 0.717) is 25.6 Å². The molecule has 4 rings (SSSR count). The molecule has 2 aliphatic carbocycles. The summed E-state index contributed by atoms with van der Waals surface area (Å²) in [5.74, 6) is 0.635. The molecule has 30 heavy (non-hydrogen) atoms. The van der Waals surface area contributed by atoms with Crippen molar-refractivity contribution in [1.29, 1.82) is 0 Å². The number of nitrogens with one attached hydrogen (secondary N) is 1. The van der Waals surface area contributed by atoms with Gasteiger partial charge in [0.15, 0.2) is 0 Å². The third-order valence-electron chi connectivity index (χ3n) is 7.91. The van der Waals surface area contributed by atoms with E-state index in [2.05, 4.69) is 19.2 Å². The molecule has 2 saturated carbocycles. The van der Waals surface area contributed by atoms with Crippen LogP contribution in [-0.4, -0.2) is 32.3 Å². The Morgan fingerprint density at radius 2 is 1.97 bits per heavy atom. The van der Waals surface area contributed by atoms with Gasteiger partial charge in [0.05, 0.1) is 18.3 Å². The summed E-state index contributed by atoms with van der Waals surface area (Å²) in [6, 6.07) is 5.41. The van der Waals surface area contributed by atoms with Crippen molar-refractivity contribution < 1.29 is 27.4 Å². The zero-order chi connectivity index (χ0) is 21.7. The second kappa shape index (κ2) is 7.52. The van der Waals surface area contributed by atoms with Crippen molar-refractivity contribution in [3.8, 4) is 0 Å². The van der Waals surface area contributed by atoms with E-state index in [-0.39, 0.29) is 34.8 Å². The van der Waals surface area contributed by atoms with E-state index in [0.717, 1.165) is 37.0 Å². The van der Waals surface area contributed by atoms with Crippen LogP contribution in [0.2, 0.25) is 0 Å². The molecule has 0 unspecified atom stereocenters. The summed E-state index contributed by atoms with van der Waals surface area (Å²) in [5.41, 5.74) is 0.0417. The Labute approximate surface area is 175 Å². The van der Waals surface area contributed by atoms with Gasteiger partial charge in [-0.25, -0.2) is 0 Å². The lowest BCUT2D eigenvalue weighted by molar-refractivity contribution is -0.138. The van der Waals surface area contributed by atoms with Crippen LogP contribution in [0.1, 0.15) is 56.8 Å². The topological polar surface area (TPSA) is 47.6 Å². The van der Waals surface area contributed by atoms with Crippen molar-refractivity contribution >= 4 is 5.91 Å². The minimum atomic E-state index is -4.35. The van der Waals surface area contributed by atoms with Gasteiger partial charge in [-0.1, -0.05) is 26.0 Å². The van der Waals surface area contributed by atoms with Crippen LogP contribution in [0, 0.1) is 22.7 Å². The molecule has 0 aromatic heterocycles. The van der Waals surface area contributed by atoms with Gasteiger partial charge in [-0.15, -0.1) is 0 Å². The fraction of sp³-hybridized carbons (Fsp3) is 0.696. The second-order valence-corrected chi connectivity index (χ2v) is 9.70. The molecule has 1 heterocycles. The van der Waals surface area contributed by atoms with Crippen molar-refractivity contribution in [1.82, 2.24) is 5.32 Å². The average molecular weight is 425 g/mol. The number of ether oxygens (including phenoxy) is 2. The summed E-state index contributed by atoms with van der Waals surface area (Å²) in [6.45, 7) is 5.39. The number of carbonyl (C=O) groups is 1. The molecule has 4 nitrogen and oxygen atoms in total. The quantitative estimate of drug-likeness (QED) is 0.741. The number of carbonyl (C=O) groups excluding carboxylic acids is 1. The van der Waals surface area contributed by atoms with Gasteiger partial charge in [-0.2, -0.15) is 13.2 Å². The zero-order valence-electron chi connectivity index (χ0n) is 17.7.